The second-order valence-corrected chi connectivity index (χ2v) is 6.57. The number of rotatable bonds is 5. The van der Waals surface area contributed by atoms with Gasteiger partial charge in [-0.3, -0.25) is 4.79 Å². The Labute approximate surface area is 168 Å². The summed E-state index contributed by atoms with van der Waals surface area (Å²) in [6, 6.07) is 18.5. The maximum atomic E-state index is 12.8. The van der Waals surface area contributed by atoms with E-state index in [-0.39, 0.29) is 12.5 Å². The van der Waals surface area contributed by atoms with E-state index in [2.05, 4.69) is 0 Å². The van der Waals surface area contributed by atoms with Crippen LogP contribution in [0.5, 0.6) is 11.5 Å². The van der Waals surface area contributed by atoms with Crippen molar-refractivity contribution in [3.8, 4) is 11.5 Å². The third kappa shape index (κ3) is 3.87. The lowest BCUT2D eigenvalue weighted by Crippen LogP contribution is -2.34. The van der Waals surface area contributed by atoms with Gasteiger partial charge in [0.25, 0.3) is 5.91 Å². The van der Waals surface area contributed by atoms with Gasteiger partial charge in [-0.25, -0.2) is 4.79 Å². The van der Waals surface area contributed by atoms with E-state index in [4.69, 9.17) is 14.2 Å². The third-order valence-corrected chi connectivity index (χ3v) is 4.78. The van der Waals surface area contributed by atoms with Crippen molar-refractivity contribution < 1.29 is 23.8 Å². The summed E-state index contributed by atoms with van der Waals surface area (Å²) in [5.41, 5.74) is 1.11. The van der Waals surface area contributed by atoms with Crippen molar-refractivity contribution >= 4 is 28.3 Å². The average molecular weight is 391 g/mol. The molecule has 6 nitrogen and oxygen atoms in total. The lowest BCUT2D eigenvalue weighted by atomic mass is 10.1. The molecule has 6 heteroatoms. The number of anilines is 1. The van der Waals surface area contributed by atoms with Crippen LogP contribution in [0.3, 0.4) is 0 Å². The molecule has 3 aromatic rings. The minimum absolute atomic E-state index is 0.283. The molecule has 0 saturated carbocycles. The summed E-state index contributed by atoms with van der Waals surface area (Å²) < 4.78 is 16.2. The van der Waals surface area contributed by atoms with Crippen molar-refractivity contribution in [1.29, 1.82) is 0 Å². The molecule has 1 aliphatic heterocycles. The van der Waals surface area contributed by atoms with E-state index in [0.29, 0.717) is 36.8 Å². The fourth-order valence-corrected chi connectivity index (χ4v) is 3.38. The Bertz CT molecular complexity index is 1060. The van der Waals surface area contributed by atoms with Gasteiger partial charge in [0.1, 0.15) is 13.2 Å². The van der Waals surface area contributed by atoms with Gasteiger partial charge in [0.15, 0.2) is 18.1 Å². The van der Waals surface area contributed by atoms with Gasteiger partial charge in [-0.15, -0.1) is 0 Å². The zero-order valence-corrected chi connectivity index (χ0v) is 16.1. The topological polar surface area (TPSA) is 65.1 Å². The first-order chi connectivity index (χ1) is 14.2. The van der Waals surface area contributed by atoms with Crippen LogP contribution in [0.15, 0.2) is 60.7 Å². The molecule has 0 radical (unpaired) electrons. The number of likely N-dealkylation sites (N-methyl/N-ethyl adjacent to an activating group) is 1. The molecule has 4 rings (SSSR count). The molecule has 0 aliphatic carbocycles. The van der Waals surface area contributed by atoms with Crippen LogP contribution in [-0.2, 0) is 9.53 Å². The first kappa shape index (κ1) is 18.8. The zero-order valence-electron chi connectivity index (χ0n) is 16.1. The molecule has 1 amide bonds. The normalized spacial score (nSPS) is 12.4. The number of esters is 1. The van der Waals surface area contributed by atoms with Crippen LogP contribution >= 0.6 is 0 Å². The number of ether oxygens (including phenoxy) is 3. The van der Waals surface area contributed by atoms with Gasteiger partial charge < -0.3 is 19.1 Å². The van der Waals surface area contributed by atoms with Gasteiger partial charge >= 0.3 is 5.97 Å². The van der Waals surface area contributed by atoms with Crippen molar-refractivity contribution in [1.82, 2.24) is 0 Å². The molecule has 0 N–H and O–H groups in total. The quantitative estimate of drug-likeness (QED) is 0.619. The van der Waals surface area contributed by atoms with Crippen LogP contribution in [0.25, 0.3) is 10.8 Å². The molecule has 0 spiro atoms. The van der Waals surface area contributed by atoms with Crippen LogP contribution in [-0.4, -0.2) is 38.2 Å². The number of hydrogen-bond acceptors (Lipinski definition) is 5. The fraction of sp³-hybridized carbons (Fsp3) is 0.217. The minimum atomic E-state index is -0.579. The van der Waals surface area contributed by atoms with Gasteiger partial charge in [-0.1, -0.05) is 36.4 Å². The van der Waals surface area contributed by atoms with Crippen molar-refractivity contribution in [2.45, 2.75) is 6.92 Å². The number of fused-ring (bicyclic) bond motifs is 2. The van der Waals surface area contributed by atoms with E-state index in [0.717, 1.165) is 16.5 Å². The summed E-state index contributed by atoms with van der Waals surface area (Å²) >= 11 is 0. The molecule has 0 atom stereocenters. The van der Waals surface area contributed by atoms with Crippen LogP contribution in [0.2, 0.25) is 0 Å². The minimum Gasteiger partial charge on any atom is -0.486 e. The van der Waals surface area contributed by atoms with E-state index < -0.39 is 5.97 Å². The molecule has 148 valence electrons. The first-order valence-electron chi connectivity index (χ1n) is 9.52. The maximum Gasteiger partial charge on any atom is 0.338 e. The zero-order chi connectivity index (χ0) is 20.2. The highest BCUT2D eigenvalue weighted by Crippen LogP contribution is 2.31. The fourth-order valence-electron chi connectivity index (χ4n) is 3.38. The van der Waals surface area contributed by atoms with Crippen molar-refractivity contribution in [2.24, 2.45) is 0 Å². The lowest BCUT2D eigenvalue weighted by molar-refractivity contribution is -0.121. The maximum absolute atomic E-state index is 12.8. The molecule has 3 aromatic carbocycles. The van der Waals surface area contributed by atoms with Crippen LogP contribution in [0.4, 0.5) is 5.69 Å². The summed E-state index contributed by atoms with van der Waals surface area (Å²) in [6.07, 6.45) is 0. The summed E-state index contributed by atoms with van der Waals surface area (Å²) in [6.45, 7) is 2.92. The lowest BCUT2D eigenvalue weighted by Gasteiger charge is -2.23. The van der Waals surface area contributed by atoms with E-state index in [1.165, 1.54) is 0 Å². The monoisotopic (exact) mass is 391 g/mol. The number of carbonyl (C=O) groups is 2. The molecule has 0 unspecified atom stereocenters. The highest BCUT2D eigenvalue weighted by Gasteiger charge is 2.20. The standard InChI is InChI=1S/C23H21NO5/c1-2-24(19-9-5-7-16-6-3-4-8-18(16)19)22(25)15-29-23(26)17-10-11-20-21(14-17)28-13-12-27-20/h3-11,14H,2,12-13,15H2,1H3. The predicted molar refractivity (Wildman–Crippen MR) is 110 cm³/mol. The number of carbonyl (C=O) groups excluding carboxylic acids is 2. The Hall–Kier alpha value is -3.54. The number of benzene rings is 3. The van der Waals surface area contributed by atoms with Crippen LogP contribution < -0.4 is 14.4 Å². The van der Waals surface area contributed by atoms with Gasteiger partial charge in [0.2, 0.25) is 0 Å². The van der Waals surface area contributed by atoms with E-state index in [1.54, 1.807) is 23.1 Å². The van der Waals surface area contributed by atoms with E-state index >= 15 is 0 Å². The largest absolute Gasteiger partial charge is 0.486 e. The molecule has 1 heterocycles. The second-order valence-electron chi connectivity index (χ2n) is 6.57. The van der Waals surface area contributed by atoms with E-state index in [9.17, 15) is 9.59 Å². The molecular formula is C23H21NO5. The van der Waals surface area contributed by atoms with Crippen LogP contribution in [0.1, 0.15) is 17.3 Å². The Morgan fingerprint density at radius 3 is 2.55 bits per heavy atom. The highest BCUT2D eigenvalue weighted by atomic mass is 16.6. The molecule has 0 bridgehead atoms. The number of amides is 1. The van der Waals surface area contributed by atoms with Gasteiger partial charge in [0, 0.05) is 11.9 Å². The molecule has 29 heavy (non-hydrogen) atoms. The Morgan fingerprint density at radius 1 is 0.966 bits per heavy atom. The first-order valence-corrected chi connectivity index (χ1v) is 9.52. The summed E-state index contributed by atoms with van der Waals surface area (Å²) in [7, 11) is 0. The van der Waals surface area contributed by atoms with Crippen molar-refractivity contribution in [3.63, 3.8) is 0 Å². The highest BCUT2D eigenvalue weighted by molar-refractivity contribution is 6.04. The molecule has 0 aromatic heterocycles. The van der Waals surface area contributed by atoms with E-state index in [1.807, 2.05) is 49.4 Å². The number of hydrogen-bond donors (Lipinski definition) is 0. The number of nitrogens with zero attached hydrogens (tertiary/aromatic N) is 1. The third-order valence-electron chi connectivity index (χ3n) is 4.78. The molecule has 0 fully saturated rings. The van der Waals surface area contributed by atoms with Crippen LogP contribution in [0, 0.1) is 0 Å². The Morgan fingerprint density at radius 2 is 1.72 bits per heavy atom. The Balaban J connectivity index is 1.47. The van der Waals surface area contributed by atoms with Crippen molar-refractivity contribution in [3.05, 3.63) is 66.2 Å². The SMILES string of the molecule is CCN(C(=O)COC(=O)c1ccc2c(c1)OCCO2)c1cccc2ccccc12. The van der Waals surface area contributed by atoms with Gasteiger partial charge in [-0.05, 0) is 36.6 Å². The van der Waals surface area contributed by atoms with Gasteiger partial charge in [0.05, 0.1) is 11.3 Å². The predicted octanol–water partition coefficient (Wildman–Crippen LogP) is 3.82. The van der Waals surface area contributed by atoms with Gasteiger partial charge in [-0.2, -0.15) is 0 Å². The molecule has 0 saturated heterocycles. The molecule has 1 aliphatic rings. The average Bonchev–Trinajstić information content (AvgIpc) is 2.77. The summed E-state index contributed by atoms with van der Waals surface area (Å²) in [4.78, 5) is 26.8. The Kier molecular flexibility index (Phi) is 5.33. The summed E-state index contributed by atoms with van der Waals surface area (Å²) in [5, 5.41) is 2.02. The second kappa shape index (κ2) is 8.22. The molecular weight excluding hydrogens is 370 g/mol. The van der Waals surface area contributed by atoms with Crippen molar-refractivity contribution in [2.75, 3.05) is 31.3 Å². The summed E-state index contributed by atoms with van der Waals surface area (Å²) in [5.74, 6) is 0.235. The smallest absolute Gasteiger partial charge is 0.338 e.